The van der Waals surface area contributed by atoms with Crippen LogP contribution >= 0.6 is 0 Å². The van der Waals surface area contributed by atoms with Gasteiger partial charge in [0.1, 0.15) is 128 Å². The molecule has 17 rings (SSSR count). The maximum atomic E-state index is 10.5. The fraction of sp³-hybridized carbons (Fsp3) is 0.234. The van der Waals surface area contributed by atoms with Crippen LogP contribution in [-0.4, -0.2) is 81.7 Å². The van der Waals surface area contributed by atoms with Gasteiger partial charge in [0.05, 0.1) is 0 Å². The van der Waals surface area contributed by atoms with Gasteiger partial charge in [0.2, 0.25) is 0 Å². The van der Waals surface area contributed by atoms with Crippen molar-refractivity contribution in [2.45, 2.75) is 110 Å². The average molecular weight is 1560 g/mol. The minimum absolute atomic E-state index is 0.0121. The Hall–Kier alpha value is -13.6. The molecule has 5 aliphatic heterocycles. The van der Waals surface area contributed by atoms with Crippen molar-refractivity contribution in [2.24, 2.45) is 29.6 Å². The van der Waals surface area contributed by atoms with E-state index < -0.39 is 0 Å². The van der Waals surface area contributed by atoms with Crippen LogP contribution in [0.15, 0.2) is 224 Å². The molecule has 12 aromatic carbocycles. The summed E-state index contributed by atoms with van der Waals surface area (Å²) in [5.74, 6) is 3.05. The molecule has 5 heterocycles. The monoisotopic (exact) mass is 1560 g/mol. The second kappa shape index (κ2) is 34.2. The van der Waals surface area contributed by atoms with Gasteiger partial charge >= 0.3 is 0 Å². The van der Waals surface area contributed by atoms with Crippen molar-refractivity contribution in [3.05, 3.63) is 302 Å². The summed E-state index contributed by atoms with van der Waals surface area (Å²) in [5, 5.41) is 158. The summed E-state index contributed by atoms with van der Waals surface area (Å²) in [4.78, 5) is 0. The SMILES string of the molecule is C[C@@H]1Cc2c(O)cc(O)c(Cc3ccccc3)c2O[C@H]1c1ccc(O)c(O)c1.C[C@H]1Cc2c(O)cc(O)c(Cc3ccccc3)c2O[C@H]1c1ccc(O)c(O)c1.C[C@H]1Cc2c(O)cc(O)cc2O[C@@H]1c1ccc(O)cc1.C[C@H]1Cc2c(O)cc(O)cc2O[C@H]1c1cccc(O)c1.C[C@H]1Cc2c(O)cc(O)cc2O[C@H]1c1ccccc1. The molecule has 115 heavy (non-hydrogen) atoms. The Bertz CT molecular complexity index is 5280. The van der Waals surface area contributed by atoms with E-state index in [0.29, 0.717) is 95.1 Å². The van der Waals surface area contributed by atoms with Gasteiger partial charge in [-0.15, -0.1) is 0 Å². The number of phenolic OH excluding ortho intramolecular Hbond substituents is 16. The zero-order valence-electron chi connectivity index (χ0n) is 63.8. The summed E-state index contributed by atoms with van der Waals surface area (Å²) in [6.07, 6.45) is 2.95. The minimum Gasteiger partial charge on any atom is -0.508 e. The van der Waals surface area contributed by atoms with Crippen LogP contribution in [0.2, 0.25) is 0 Å². The molecule has 0 spiro atoms. The molecule has 594 valence electrons. The van der Waals surface area contributed by atoms with Crippen LogP contribution in [0.25, 0.3) is 0 Å². The lowest BCUT2D eigenvalue weighted by molar-refractivity contribution is 0.119. The van der Waals surface area contributed by atoms with Crippen LogP contribution < -0.4 is 23.7 Å². The Morgan fingerprint density at radius 1 is 0.226 bits per heavy atom. The van der Waals surface area contributed by atoms with Crippen LogP contribution in [0.1, 0.15) is 143 Å². The molecule has 0 aromatic heterocycles. The quantitative estimate of drug-likeness (QED) is 0.0597. The third-order valence-electron chi connectivity index (χ3n) is 21.5. The van der Waals surface area contributed by atoms with E-state index in [-0.39, 0.29) is 152 Å². The van der Waals surface area contributed by atoms with E-state index >= 15 is 0 Å². The third kappa shape index (κ3) is 18.0. The number of fused-ring (bicyclic) bond motifs is 5. The van der Waals surface area contributed by atoms with Crippen molar-refractivity contribution in [1.29, 1.82) is 0 Å². The molecule has 16 N–H and O–H groups in total. The van der Waals surface area contributed by atoms with E-state index in [1.54, 1.807) is 48.5 Å². The number of phenols is 16. The molecule has 5 aliphatic rings. The lowest BCUT2D eigenvalue weighted by Gasteiger charge is -2.34. The van der Waals surface area contributed by atoms with Crippen molar-refractivity contribution in [3.8, 4) is 121 Å². The highest BCUT2D eigenvalue weighted by atomic mass is 16.5. The van der Waals surface area contributed by atoms with Crippen LogP contribution in [-0.2, 0) is 44.9 Å². The van der Waals surface area contributed by atoms with Gasteiger partial charge in [-0.05, 0) is 120 Å². The first-order valence-corrected chi connectivity index (χ1v) is 38.0. The Balaban J connectivity index is 0.000000127. The van der Waals surface area contributed by atoms with Gasteiger partial charge in [0, 0.05) is 130 Å². The summed E-state index contributed by atoms with van der Waals surface area (Å²) >= 11 is 0. The van der Waals surface area contributed by atoms with Crippen LogP contribution in [0.3, 0.4) is 0 Å². The molecule has 0 saturated heterocycles. The van der Waals surface area contributed by atoms with E-state index in [4.69, 9.17) is 23.7 Å². The van der Waals surface area contributed by atoms with Gasteiger partial charge in [-0.3, -0.25) is 0 Å². The van der Waals surface area contributed by atoms with Crippen molar-refractivity contribution in [2.75, 3.05) is 0 Å². The molecule has 10 atom stereocenters. The van der Waals surface area contributed by atoms with E-state index in [1.165, 1.54) is 66.7 Å². The summed E-state index contributed by atoms with van der Waals surface area (Å²) in [6.45, 7) is 10.2. The van der Waals surface area contributed by atoms with Crippen molar-refractivity contribution < 1.29 is 105 Å². The molecular weight excluding hydrogens is 1470 g/mol. The fourth-order valence-corrected chi connectivity index (χ4v) is 15.7. The highest BCUT2D eigenvalue weighted by Crippen LogP contribution is 2.53. The van der Waals surface area contributed by atoms with Gasteiger partial charge in [-0.25, -0.2) is 0 Å². The lowest BCUT2D eigenvalue weighted by Crippen LogP contribution is -2.24. The van der Waals surface area contributed by atoms with Gasteiger partial charge in [-0.2, -0.15) is 0 Å². The van der Waals surface area contributed by atoms with Crippen LogP contribution in [0, 0.1) is 29.6 Å². The Labute approximate surface area is 664 Å². The number of hydrogen-bond donors (Lipinski definition) is 16. The molecule has 0 fully saturated rings. The van der Waals surface area contributed by atoms with E-state index in [9.17, 15) is 81.7 Å². The Kier molecular flexibility index (Phi) is 23.6. The summed E-state index contributed by atoms with van der Waals surface area (Å²) in [7, 11) is 0. The second-order valence-electron chi connectivity index (χ2n) is 30.2. The molecule has 21 heteroatoms. The summed E-state index contributed by atoms with van der Waals surface area (Å²) in [6, 6.07) is 64.0. The summed E-state index contributed by atoms with van der Waals surface area (Å²) in [5.41, 5.74) is 11.3. The second-order valence-corrected chi connectivity index (χ2v) is 30.2. The number of aromatic hydroxyl groups is 16. The number of rotatable bonds is 9. The molecule has 0 unspecified atom stereocenters. The normalized spacial score (nSPS) is 19.8. The Morgan fingerprint density at radius 2 is 0.530 bits per heavy atom. The molecule has 0 saturated carbocycles. The predicted molar refractivity (Wildman–Crippen MR) is 431 cm³/mol. The molecule has 21 nitrogen and oxygen atoms in total. The molecule has 12 aromatic rings. The third-order valence-corrected chi connectivity index (χ3v) is 21.5. The number of hydrogen-bond acceptors (Lipinski definition) is 21. The molecule has 0 radical (unpaired) electrons. The first-order chi connectivity index (χ1) is 55.1. The zero-order valence-corrected chi connectivity index (χ0v) is 63.8. The average Bonchev–Trinajstić information content (AvgIpc) is 0.768. The maximum Gasteiger partial charge on any atom is 0.157 e. The highest BCUT2D eigenvalue weighted by molar-refractivity contribution is 5.62. The van der Waals surface area contributed by atoms with Crippen molar-refractivity contribution >= 4 is 0 Å². The van der Waals surface area contributed by atoms with Gasteiger partial charge < -0.3 is 105 Å². The summed E-state index contributed by atoms with van der Waals surface area (Å²) < 4.78 is 30.4. The van der Waals surface area contributed by atoms with E-state index in [1.807, 2.05) is 137 Å². The zero-order chi connectivity index (χ0) is 81.6. The van der Waals surface area contributed by atoms with E-state index in [0.717, 1.165) is 56.5 Å². The van der Waals surface area contributed by atoms with Crippen molar-refractivity contribution in [3.63, 3.8) is 0 Å². The number of benzene rings is 12. The smallest absolute Gasteiger partial charge is 0.157 e. The van der Waals surface area contributed by atoms with E-state index in [2.05, 4.69) is 6.92 Å². The maximum absolute atomic E-state index is 10.5. The Morgan fingerprint density at radius 3 is 0.896 bits per heavy atom. The molecule has 0 amide bonds. The highest BCUT2D eigenvalue weighted by Gasteiger charge is 2.38. The molecular formula is C94H92O21. The standard InChI is InChI=1S/2C23H22O5.2C16H16O4.C16H16O3/c2*1-13-9-16-19(25)12-20(26)17(10-14-5-3-2-4-6-14)23(16)28-22(13)15-7-8-18(24)21(27)11-15;1-9-6-13-14(19)7-12(18)8-15(13)20-16(9)10-2-4-11(17)5-3-10;1-9-5-13-14(19)7-12(18)8-15(13)20-16(9)10-3-2-4-11(17)6-10;1-10-7-13-14(18)8-12(17)9-15(13)19-16(10)11-5-3-2-4-6-11/h2*2-8,11-13,22,24-27H,9-10H2,1H3;2-5,7-9,16-19H,6H2,1H3;2-4,6-9,16-19H,5H2,1H3;2-6,8-10,16-18H,7H2,1H3/t13-,22+;13-,22-;9-,16-;9-,16+;10-,16+/m01000/s1. The molecule has 0 aliphatic carbocycles. The van der Waals surface area contributed by atoms with Gasteiger partial charge in [-0.1, -0.05) is 162 Å². The van der Waals surface area contributed by atoms with Crippen molar-refractivity contribution in [1.82, 2.24) is 0 Å². The first-order valence-electron chi connectivity index (χ1n) is 38.0. The van der Waals surface area contributed by atoms with Crippen LogP contribution in [0.4, 0.5) is 0 Å². The minimum atomic E-state index is -0.380. The molecule has 0 bridgehead atoms. The predicted octanol–water partition coefficient (Wildman–Crippen LogP) is 18.5. The largest absolute Gasteiger partial charge is 0.508 e. The van der Waals surface area contributed by atoms with Gasteiger partial charge in [0.15, 0.2) is 23.0 Å². The first kappa shape index (κ1) is 79.5. The number of ether oxygens (including phenoxy) is 5. The lowest BCUT2D eigenvalue weighted by atomic mass is 9.86. The van der Waals surface area contributed by atoms with Crippen LogP contribution in [0.5, 0.6) is 121 Å². The van der Waals surface area contributed by atoms with Gasteiger partial charge in [0.25, 0.3) is 0 Å². The topological polar surface area (TPSA) is 370 Å². The fourth-order valence-electron chi connectivity index (χ4n) is 15.7.